The van der Waals surface area contributed by atoms with E-state index < -0.39 is 0 Å². The molecule has 17 heavy (non-hydrogen) atoms. The second-order valence-corrected chi connectivity index (χ2v) is 4.78. The molecule has 0 amide bonds. The molecule has 4 nitrogen and oxygen atoms in total. The van der Waals surface area contributed by atoms with E-state index in [9.17, 15) is 5.11 Å². The van der Waals surface area contributed by atoms with Crippen LogP contribution >= 0.6 is 0 Å². The summed E-state index contributed by atoms with van der Waals surface area (Å²) in [7, 11) is 0. The standard InChI is InChI=1S/C13H16N2O2/c14-9-4-5-11-12(7-9)17-13(15-11)8-2-1-3-10(16)6-8/h1-3,6,9,11-12,16H,4-5,7,14H2. The van der Waals surface area contributed by atoms with E-state index in [4.69, 9.17) is 10.5 Å². The predicted molar refractivity (Wildman–Crippen MR) is 65.1 cm³/mol. The molecule has 1 aliphatic heterocycles. The van der Waals surface area contributed by atoms with Crippen LogP contribution in [0.3, 0.4) is 0 Å². The summed E-state index contributed by atoms with van der Waals surface area (Å²) < 4.78 is 5.84. The van der Waals surface area contributed by atoms with Crippen molar-refractivity contribution < 1.29 is 9.84 Å². The van der Waals surface area contributed by atoms with Crippen LogP contribution in [-0.4, -0.2) is 29.2 Å². The highest BCUT2D eigenvalue weighted by Crippen LogP contribution is 2.30. The molecule has 3 N–H and O–H groups in total. The van der Waals surface area contributed by atoms with Gasteiger partial charge in [0, 0.05) is 18.0 Å². The van der Waals surface area contributed by atoms with Gasteiger partial charge in [-0.2, -0.15) is 0 Å². The fraction of sp³-hybridized carbons (Fsp3) is 0.462. The van der Waals surface area contributed by atoms with Gasteiger partial charge in [-0.1, -0.05) is 6.07 Å². The lowest BCUT2D eigenvalue weighted by atomic mass is 9.90. The topological polar surface area (TPSA) is 67.8 Å². The number of aromatic hydroxyl groups is 1. The first-order chi connectivity index (χ1) is 8.22. The molecule has 0 aromatic heterocycles. The van der Waals surface area contributed by atoms with E-state index in [1.165, 1.54) is 0 Å². The van der Waals surface area contributed by atoms with E-state index in [0.717, 1.165) is 24.8 Å². The third-order valence-electron chi connectivity index (χ3n) is 3.44. The second-order valence-electron chi connectivity index (χ2n) is 4.78. The van der Waals surface area contributed by atoms with Crippen LogP contribution in [0.25, 0.3) is 0 Å². The zero-order valence-corrected chi connectivity index (χ0v) is 9.54. The average molecular weight is 232 g/mol. The first kappa shape index (κ1) is 10.6. The molecule has 0 radical (unpaired) electrons. The summed E-state index contributed by atoms with van der Waals surface area (Å²) in [5.74, 6) is 0.880. The molecule has 3 unspecified atom stereocenters. The van der Waals surface area contributed by atoms with Gasteiger partial charge in [-0.25, -0.2) is 4.99 Å². The van der Waals surface area contributed by atoms with Crippen molar-refractivity contribution in [3.63, 3.8) is 0 Å². The zero-order chi connectivity index (χ0) is 11.8. The molecule has 1 aliphatic carbocycles. The molecule has 1 heterocycles. The lowest BCUT2D eigenvalue weighted by molar-refractivity contribution is 0.142. The van der Waals surface area contributed by atoms with Crippen LogP contribution in [-0.2, 0) is 4.74 Å². The van der Waals surface area contributed by atoms with Crippen molar-refractivity contribution in [2.24, 2.45) is 10.7 Å². The molecular weight excluding hydrogens is 216 g/mol. The highest BCUT2D eigenvalue weighted by atomic mass is 16.5. The van der Waals surface area contributed by atoms with Gasteiger partial charge in [0.1, 0.15) is 11.9 Å². The van der Waals surface area contributed by atoms with E-state index in [2.05, 4.69) is 4.99 Å². The number of fused-ring (bicyclic) bond motifs is 1. The summed E-state index contributed by atoms with van der Waals surface area (Å²) in [4.78, 5) is 4.58. The summed E-state index contributed by atoms with van der Waals surface area (Å²) in [5.41, 5.74) is 6.77. The number of rotatable bonds is 1. The third kappa shape index (κ3) is 2.00. The van der Waals surface area contributed by atoms with Crippen LogP contribution in [0, 0.1) is 0 Å². The Kier molecular flexibility index (Phi) is 2.52. The summed E-state index contributed by atoms with van der Waals surface area (Å²) >= 11 is 0. The van der Waals surface area contributed by atoms with Gasteiger partial charge in [-0.3, -0.25) is 0 Å². The molecule has 3 atom stereocenters. The fourth-order valence-electron chi connectivity index (χ4n) is 2.52. The smallest absolute Gasteiger partial charge is 0.216 e. The minimum atomic E-state index is 0.121. The lowest BCUT2D eigenvalue weighted by Gasteiger charge is -2.26. The molecule has 1 aromatic carbocycles. The number of hydrogen-bond donors (Lipinski definition) is 2. The van der Waals surface area contributed by atoms with Crippen molar-refractivity contribution >= 4 is 5.90 Å². The largest absolute Gasteiger partial charge is 0.508 e. The molecular formula is C13H16N2O2. The summed E-state index contributed by atoms with van der Waals surface area (Å²) in [6, 6.07) is 7.49. The minimum absolute atomic E-state index is 0.121. The normalized spacial score (nSPS) is 31.6. The van der Waals surface area contributed by atoms with Gasteiger partial charge in [0.15, 0.2) is 0 Å². The van der Waals surface area contributed by atoms with Crippen molar-refractivity contribution in [3.05, 3.63) is 29.8 Å². The minimum Gasteiger partial charge on any atom is -0.508 e. The third-order valence-corrected chi connectivity index (χ3v) is 3.44. The Hall–Kier alpha value is -1.55. The van der Waals surface area contributed by atoms with Crippen LogP contribution in [0.4, 0.5) is 0 Å². The second kappa shape index (κ2) is 4.04. The molecule has 3 rings (SSSR count). The number of nitrogens with zero attached hydrogens (tertiary/aromatic N) is 1. The van der Waals surface area contributed by atoms with Gasteiger partial charge in [0.25, 0.3) is 0 Å². The predicted octanol–water partition coefficient (Wildman–Crippen LogP) is 1.42. The number of benzene rings is 1. The van der Waals surface area contributed by atoms with Crippen molar-refractivity contribution in [1.29, 1.82) is 0 Å². The van der Waals surface area contributed by atoms with Gasteiger partial charge >= 0.3 is 0 Å². The molecule has 1 aromatic rings. The Morgan fingerprint density at radius 1 is 1.35 bits per heavy atom. The molecule has 0 bridgehead atoms. The summed E-state index contributed by atoms with van der Waals surface area (Å²) in [6.07, 6.45) is 3.00. The van der Waals surface area contributed by atoms with E-state index in [1.807, 2.05) is 6.07 Å². The number of phenolic OH excluding ortho intramolecular Hbond substituents is 1. The van der Waals surface area contributed by atoms with Gasteiger partial charge < -0.3 is 15.6 Å². The van der Waals surface area contributed by atoms with Crippen molar-refractivity contribution in [2.45, 2.75) is 37.5 Å². The van der Waals surface area contributed by atoms with Crippen LogP contribution in [0.5, 0.6) is 5.75 Å². The molecule has 1 saturated carbocycles. The van der Waals surface area contributed by atoms with Crippen molar-refractivity contribution in [2.75, 3.05) is 0 Å². The SMILES string of the molecule is NC1CCC2N=C(c3cccc(O)c3)OC2C1. The number of nitrogens with two attached hydrogens (primary N) is 1. The Bertz CT molecular complexity index is 458. The van der Waals surface area contributed by atoms with Crippen molar-refractivity contribution in [1.82, 2.24) is 0 Å². The molecule has 0 saturated heterocycles. The van der Waals surface area contributed by atoms with Gasteiger partial charge in [-0.15, -0.1) is 0 Å². The number of aliphatic imine (C=N–C) groups is 1. The highest BCUT2D eigenvalue weighted by molar-refractivity contribution is 5.95. The van der Waals surface area contributed by atoms with Gasteiger partial charge in [-0.05, 0) is 31.0 Å². The number of ether oxygens (including phenoxy) is 1. The Morgan fingerprint density at radius 3 is 3.06 bits per heavy atom. The van der Waals surface area contributed by atoms with Crippen LogP contribution in [0.2, 0.25) is 0 Å². The maximum Gasteiger partial charge on any atom is 0.216 e. The average Bonchev–Trinajstić information content (AvgIpc) is 2.72. The zero-order valence-electron chi connectivity index (χ0n) is 9.54. The lowest BCUT2D eigenvalue weighted by Crippen LogP contribution is -2.37. The first-order valence-corrected chi connectivity index (χ1v) is 6.02. The van der Waals surface area contributed by atoms with E-state index in [0.29, 0.717) is 5.90 Å². The summed E-state index contributed by atoms with van der Waals surface area (Å²) in [6.45, 7) is 0. The quantitative estimate of drug-likeness (QED) is 0.769. The van der Waals surface area contributed by atoms with Gasteiger partial charge in [0.2, 0.25) is 5.90 Å². The first-order valence-electron chi connectivity index (χ1n) is 6.02. The van der Waals surface area contributed by atoms with E-state index in [1.54, 1.807) is 18.2 Å². The van der Waals surface area contributed by atoms with Crippen LogP contribution in [0.15, 0.2) is 29.3 Å². The maximum atomic E-state index is 9.44. The number of phenols is 1. The monoisotopic (exact) mass is 232 g/mol. The Balaban J connectivity index is 1.82. The molecule has 0 spiro atoms. The Labute approximate surface area is 100 Å². The van der Waals surface area contributed by atoms with E-state index >= 15 is 0 Å². The Morgan fingerprint density at radius 2 is 2.24 bits per heavy atom. The van der Waals surface area contributed by atoms with Crippen LogP contribution < -0.4 is 5.73 Å². The molecule has 2 aliphatic rings. The fourth-order valence-corrected chi connectivity index (χ4v) is 2.52. The highest BCUT2D eigenvalue weighted by Gasteiger charge is 2.36. The summed E-state index contributed by atoms with van der Waals surface area (Å²) in [5, 5.41) is 9.44. The van der Waals surface area contributed by atoms with Crippen molar-refractivity contribution in [3.8, 4) is 5.75 Å². The molecule has 1 fully saturated rings. The van der Waals surface area contributed by atoms with Gasteiger partial charge in [0.05, 0.1) is 6.04 Å². The number of hydrogen-bond acceptors (Lipinski definition) is 4. The van der Waals surface area contributed by atoms with E-state index in [-0.39, 0.29) is 23.9 Å². The maximum absolute atomic E-state index is 9.44. The molecule has 4 heteroatoms. The molecule has 90 valence electrons. The van der Waals surface area contributed by atoms with Crippen LogP contribution in [0.1, 0.15) is 24.8 Å².